The smallest absolute Gasteiger partial charge is 0.0776 e. The van der Waals surface area contributed by atoms with Crippen molar-refractivity contribution in [2.75, 3.05) is 5.32 Å². The van der Waals surface area contributed by atoms with Gasteiger partial charge >= 0.3 is 0 Å². The highest BCUT2D eigenvalue weighted by atomic mass is 15.0. The van der Waals surface area contributed by atoms with E-state index in [0.29, 0.717) is 0 Å². The van der Waals surface area contributed by atoms with Gasteiger partial charge in [0.1, 0.15) is 0 Å². The first-order chi connectivity index (χ1) is 12.9. The molecule has 2 nitrogen and oxygen atoms in total. The van der Waals surface area contributed by atoms with Crippen LogP contribution in [0.4, 0.5) is 11.4 Å². The molecule has 1 N–H and O–H groups in total. The lowest BCUT2D eigenvalue weighted by atomic mass is 10.1. The van der Waals surface area contributed by atoms with Gasteiger partial charge in [0, 0.05) is 22.1 Å². The van der Waals surface area contributed by atoms with Gasteiger partial charge in [-0.3, -0.25) is 0 Å². The summed E-state index contributed by atoms with van der Waals surface area (Å²) in [5, 5.41) is 6.12. The minimum Gasteiger partial charge on any atom is -0.354 e. The maximum atomic E-state index is 3.60. The molecule has 4 aromatic carbocycles. The largest absolute Gasteiger partial charge is 0.354 e. The van der Waals surface area contributed by atoms with Gasteiger partial charge in [0.05, 0.1) is 16.7 Å². The Bertz CT molecular complexity index is 1190. The second kappa shape index (κ2) is 6.08. The number of hydrogen-bond acceptors (Lipinski definition) is 1. The van der Waals surface area contributed by atoms with Gasteiger partial charge in [-0.15, -0.1) is 0 Å². The molecule has 1 heterocycles. The summed E-state index contributed by atoms with van der Waals surface area (Å²) in [6, 6.07) is 35.9. The molecule has 0 bridgehead atoms. The van der Waals surface area contributed by atoms with Crippen molar-refractivity contribution in [3.05, 3.63) is 103 Å². The van der Waals surface area contributed by atoms with Gasteiger partial charge in [0.15, 0.2) is 0 Å². The number of nitrogens with one attached hydrogen (secondary N) is 1. The molecule has 0 amide bonds. The Morgan fingerprint density at radius 3 is 2.00 bits per heavy atom. The summed E-state index contributed by atoms with van der Waals surface area (Å²) in [7, 11) is 0. The molecule has 0 fully saturated rings. The molecular formula is C24H18N2. The molecule has 2 heteroatoms. The molecule has 0 saturated heterocycles. The SMILES string of the molecule is c1ccc(Nc2cccc3c4ccccc4n(-c4ccccc4)c23)cc1. The Balaban J connectivity index is 1.85. The number of hydrogen-bond donors (Lipinski definition) is 1. The van der Waals surface area contributed by atoms with Crippen LogP contribution in [0.5, 0.6) is 0 Å². The number of fused-ring (bicyclic) bond motifs is 3. The third kappa shape index (κ3) is 2.35. The van der Waals surface area contributed by atoms with Crippen molar-refractivity contribution in [1.82, 2.24) is 4.57 Å². The van der Waals surface area contributed by atoms with E-state index < -0.39 is 0 Å². The minimum atomic E-state index is 1.09. The summed E-state index contributed by atoms with van der Waals surface area (Å²) in [6.45, 7) is 0. The van der Waals surface area contributed by atoms with Crippen LogP contribution in [-0.2, 0) is 0 Å². The third-order valence-corrected chi connectivity index (χ3v) is 4.76. The highest BCUT2D eigenvalue weighted by Crippen LogP contribution is 2.36. The summed E-state index contributed by atoms with van der Waals surface area (Å²) in [5.74, 6) is 0. The molecule has 0 aliphatic rings. The van der Waals surface area contributed by atoms with Crippen molar-refractivity contribution in [1.29, 1.82) is 0 Å². The molecule has 0 atom stereocenters. The molecule has 0 radical (unpaired) electrons. The first-order valence-electron chi connectivity index (χ1n) is 8.81. The van der Waals surface area contributed by atoms with Crippen LogP contribution in [0.1, 0.15) is 0 Å². The topological polar surface area (TPSA) is 17.0 Å². The van der Waals surface area contributed by atoms with Crippen LogP contribution < -0.4 is 5.32 Å². The average Bonchev–Trinajstić information content (AvgIpc) is 3.05. The Kier molecular flexibility index (Phi) is 3.46. The van der Waals surface area contributed by atoms with E-state index >= 15 is 0 Å². The van der Waals surface area contributed by atoms with Crippen molar-refractivity contribution in [2.24, 2.45) is 0 Å². The summed E-state index contributed by atoms with van der Waals surface area (Å²) in [6.07, 6.45) is 0. The second-order valence-electron chi connectivity index (χ2n) is 6.38. The summed E-state index contributed by atoms with van der Waals surface area (Å²) < 4.78 is 2.34. The number of benzene rings is 4. The molecule has 0 aliphatic heterocycles. The van der Waals surface area contributed by atoms with Crippen molar-refractivity contribution in [3.8, 4) is 5.69 Å². The zero-order valence-electron chi connectivity index (χ0n) is 14.3. The Hall–Kier alpha value is -3.52. The molecule has 5 aromatic rings. The van der Waals surface area contributed by atoms with Crippen LogP contribution in [0.25, 0.3) is 27.5 Å². The monoisotopic (exact) mass is 334 g/mol. The molecule has 0 spiro atoms. The third-order valence-electron chi connectivity index (χ3n) is 4.76. The quantitative estimate of drug-likeness (QED) is 0.397. The van der Waals surface area contributed by atoms with Crippen molar-refractivity contribution in [3.63, 3.8) is 0 Å². The number of para-hydroxylation sites is 4. The van der Waals surface area contributed by atoms with Crippen molar-refractivity contribution in [2.45, 2.75) is 0 Å². The lowest BCUT2D eigenvalue weighted by molar-refractivity contribution is 1.18. The molecule has 0 unspecified atom stereocenters. The van der Waals surface area contributed by atoms with E-state index in [1.165, 1.54) is 27.5 Å². The van der Waals surface area contributed by atoms with E-state index in [-0.39, 0.29) is 0 Å². The van der Waals surface area contributed by atoms with Gasteiger partial charge in [0.2, 0.25) is 0 Å². The van der Waals surface area contributed by atoms with Crippen LogP contribution in [0.15, 0.2) is 103 Å². The Labute approximate surface area is 152 Å². The van der Waals surface area contributed by atoms with Gasteiger partial charge in [-0.2, -0.15) is 0 Å². The number of rotatable bonds is 3. The van der Waals surface area contributed by atoms with Gasteiger partial charge in [0.25, 0.3) is 0 Å². The van der Waals surface area contributed by atoms with E-state index in [2.05, 4.69) is 107 Å². The number of anilines is 2. The maximum Gasteiger partial charge on any atom is 0.0776 e. The Morgan fingerprint density at radius 1 is 0.538 bits per heavy atom. The van der Waals surface area contributed by atoms with Gasteiger partial charge in [-0.1, -0.05) is 66.7 Å². The molecular weight excluding hydrogens is 316 g/mol. The van der Waals surface area contributed by atoms with Gasteiger partial charge < -0.3 is 9.88 Å². The molecule has 124 valence electrons. The molecule has 1 aromatic heterocycles. The van der Waals surface area contributed by atoms with Gasteiger partial charge in [-0.25, -0.2) is 0 Å². The fourth-order valence-electron chi connectivity index (χ4n) is 3.64. The predicted octanol–water partition coefficient (Wildman–Crippen LogP) is 6.53. The zero-order valence-corrected chi connectivity index (χ0v) is 14.3. The zero-order chi connectivity index (χ0) is 17.3. The first-order valence-corrected chi connectivity index (χ1v) is 8.81. The van der Waals surface area contributed by atoms with E-state index in [9.17, 15) is 0 Å². The predicted molar refractivity (Wildman–Crippen MR) is 111 cm³/mol. The molecule has 5 rings (SSSR count). The van der Waals surface area contributed by atoms with E-state index in [1.807, 2.05) is 6.07 Å². The maximum absolute atomic E-state index is 3.60. The number of aromatic nitrogens is 1. The van der Waals surface area contributed by atoms with Crippen LogP contribution in [0.2, 0.25) is 0 Å². The second-order valence-corrected chi connectivity index (χ2v) is 6.38. The van der Waals surface area contributed by atoms with Crippen LogP contribution in [-0.4, -0.2) is 4.57 Å². The van der Waals surface area contributed by atoms with Gasteiger partial charge in [-0.05, 0) is 36.4 Å². The van der Waals surface area contributed by atoms with E-state index in [1.54, 1.807) is 0 Å². The highest BCUT2D eigenvalue weighted by molar-refractivity contribution is 6.13. The normalized spacial score (nSPS) is 11.1. The average molecular weight is 334 g/mol. The summed E-state index contributed by atoms with van der Waals surface area (Å²) in [5.41, 5.74) is 5.78. The van der Waals surface area contributed by atoms with Crippen LogP contribution in [0, 0.1) is 0 Å². The molecule has 26 heavy (non-hydrogen) atoms. The van der Waals surface area contributed by atoms with Crippen LogP contribution in [0.3, 0.4) is 0 Å². The lowest BCUT2D eigenvalue weighted by Gasteiger charge is -2.13. The van der Waals surface area contributed by atoms with E-state index in [0.717, 1.165) is 11.4 Å². The summed E-state index contributed by atoms with van der Waals surface area (Å²) >= 11 is 0. The fraction of sp³-hybridized carbons (Fsp3) is 0. The van der Waals surface area contributed by atoms with E-state index in [4.69, 9.17) is 0 Å². The van der Waals surface area contributed by atoms with Crippen molar-refractivity contribution < 1.29 is 0 Å². The minimum absolute atomic E-state index is 1.09. The Morgan fingerprint density at radius 2 is 1.19 bits per heavy atom. The first kappa shape index (κ1) is 14.8. The standard InChI is InChI=1S/C24H18N2/c1-3-10-18(11-4-1)25-22-16-9-15-21-20-14-7-8-17-23(20)26(24(21)22)19-12-5-2-6-13-19/h1-17,25H. The van der Waals surface area contributed by atoms with Crippen molar-refractivity contribution >= 4 is 33.2 Å². The highest BCUT2D eigenvalue weighted by Gasteiger charge is 2.14. The fourth-order valence-corrected chi connectivity index (χ4v) is 3.64. The summed E-state index contributed by atoms with van der Waals surface area (Å²) in [4.78, 5) is 0. The van der Waals surface area contributed by atoms with Crippen LogP contribution >= 0.6 is 0 Å². The molecule has 0 aliphatic carbocycles. The molecule has 0 saturated carbocycles. The number of nitrogens with zero attached hydrogens (tertiary/aromatic N) is 1. The lowest BCUT2D eigenvalue weighted by Crippen LogP contribution is -1.97.